The van der Waals surface area contributed by atoms with Crippen LogP contribution in [0.1, 0.15) is 12.5 Å². The number of hydrogen-bond acceptors (Lipinski definition) is 5. The first kappa shape index (κ1) is 15.7. The van der Waals surface area contributed by atoms with Crippen molar-refractivity contribution in [3.63, 3.8) is 0 Å². The van der Waals surface area contributed by atoms with Crippen LogP contribution in [0.15, 0.2) is 30.6 Å². The van der Waals surface area contributed by atoms with Gasteiger partial charge in [0.25, 0.3) is 0 Å². The maximum atomic E-state index is 13.2. The molecule has 0 bridgehead atoms. The Hall–Kier alpha value is -3.17. The molecule has 0 radical (unpaired) electrons. The summed E-state index contributed by atoms with van der Waals surface area (Å²) in [4.78, 5) is 18.8. The number of nitrogen functional groups attached to an aromatic ring is 1. The summed E-state index contributed by atoms with van der Waals surface area (Å²) in [5, 5.41) is 6.58. The van der Waals surface area contributed by atoms with Crippen LogP contribution in [0.5, 0.6) is 0 Å². The minimum atomic E-state index is -4.60. The molecule has 0 aromatic carbocycles. The van der Waals surface area contributed by atoms with E-state index in [1.54, 1.807) is 0 Å². The number of nitrogens with zero attached hydrogens (tertiary/aromatic N) is 4. The summed E-state index contributed by atoms with van der Waals surface area (Å²) >= 11 is 0. The van der Waals surface area contributed by atoms with Crippen molar-refractivity contribution in [3.8, 4) is 11.3 Å². The molecule has 3 rings (SSSR count). The quantitative estimate of drug-likeness (QED) is 0.748. The largest absolute Gasteiger partial charge is 0.417 e. The normalized spacial score (nSPS) is 11.7. The summed E-state index contributed by atoms with van der Waals surface area (Å²) < 4.78 is 40.9. The fourth-order valence-electron chi connectivity index (χ4n) is 2.18. The predicted molar refractivity (Wildman–Crippen MR) is 79.9 cm³/mol. The summed E-state index contributed by atoms with van der Waals surface area (Å²) in [6.45, 7) is 1.32. The van der Waals surface area contributed by atoms with Gasteiger partial charge in [-0.15, -0.1) is 0 Å². The van der Waals surface area contributed by atoms with Gasteiger partial charge in [-0.2, -0.15) is 18.3 Å². The summed E-state index contributed by atoms with van der Waals surface area (Å²) in [5.41, 5.74) is 4.65. The molecule has 0 saturated carbocycles. The Morgan fingerprint density at radius 2 is 2.08 bits per heavy atom. The van der Waals surface area contributed by atoms with Gasteiger partial charge < -0.3 is 11.1 Å². The number of aromatic nitrogens is 4. The van der Waals surface area contributed by atoms with Crippen molar-refractivity contribution in [3.05, 3.63) is 36.2 Å². The van der Waals surface area contributed by atoms with Gasteiger partial charge in [-0.1, -0.05) is 0 Å². The van der Waals surface area contributed by atoms with Crippen LogP contribution >= 0.6 is 0 Å². The molecule has 0 saturated heterocycles. The molecule has 3 aromatic rings. The van der Waals surface area contributed by atoms with Crippen molar-refractivity contribution in [1.29, 1.82) is 0 Å². The first-order chi connectivity index (χ1) is 11.2. The van der Waals surface area contributed by atoms with E-state index in [9.17, 15) is 18.0 Å². The standard InChI is InChI=1S/C14H11F3N6O/c1-7(24)20-12-6-23-13(21-12)3-2-10(22-23)8-5-19-11(18)4-9(8)14(15,16)17/h2-6H,1H3,(H2,18,19)(H,20,24). The lowest BCUT2D eigenvalue weighted by Crippen LogP contribution is -2.10. The number of anilines is 2. The summed E-state index contributed by atoms with van der Waals surface area (Å²) in [5.74, 6) is -0.304. The highest BCUT2D eigenvalue weighted by Gasteiger charge is 2.34. The van der Waals surface area contributed by atoms with E-state index in [0.29, 0.717) is 5.65 Å². The van der Waals surface area contributed by atoms with Crippen molar-refractivity contribution in [2.75, 3.05) is 11.1 Å². The number of halogens is 3. The molecule has 3 aromatic heterocycles. The van der Waals surface area contributed by atoms with Gasteiger partial charge in [0.05, 0.1) is 17.5 Å². The molecule has 0 fully saturated rings. The van der Waals surface area contributed by atoms with Crippen LogP contribution in [0.25, 0.3) is 16.9 Å². The Bertz CT molecular complexity index is 934. The van der Waals surface area contributed by atoms with Gasteiger partial charge >= 0.3 is 6.18 Å². The molecular formula is C14H11F3N6O. The number of hydrogen-bond donors (Lipinski definition) is 2. The number of rotatable bonds is 2. The van der Waals surface area contributed by atoms with Gasteiger partial charge in [-0.25, -0.2) is 14.5 Å². The Morgan fingerprint density at radius 3 is 2.75 bits per heavy atom. The zero-order valence-corrected chi connectivity index (χ0v) is 12.3. The third-order valence-electron chi connectivity index (χ3n) is 3.13. The lowest BCUT2D eigenvalue weighted by Gasteiger charge is -2.12. The Labute approximate surface area is 133 Å². The number of imidazole rings is 1. The van der Waals surface area contributed by atoms with E-state index in [1.807, 2.05) is 0 Å². The Kier molecular flexibility index (Phi) is 3.59. The van der Waals surface area contributed by atoms with Gasteiger partial charge in [-0.05, 0) is 18.2 Å². The van der Waals surface area contributed by atoms with Crippen LogP contribution in [0.2, 0.25) is 0 Å². The van der Waals surface area contributed by atoms with E-state index in [-0.39, 0.29) is 28.8 Å². The molecule has 0 aliphatic heterocycles. The van der Waals surface area contributed by atoms with Gasteiger partial charge in [0.15, 0.2) is 11.5 Å². The highest BCUT2D eigenvalue weighted by Crippen LogP contribution is 2.36. The topological polar surface area (TPSA) is 98.2 Å². The van der Waals surface area contributed by atoms with Crippen molar-refractivity contribution in [2.24, 2.45) is 0 Å². The summed E-state index contributed by atoms with van der Waals surface area (Å²) in [6.07, 6.45) is -2.17. The molecule has 124 valence electrons. The van der Waals surface area contributed by atoms with Gasteiger partial charge in [-0.3, -0.25) is 4.79 Å². The van der Waals surface area contributed by atoms with Crippen LogP contribution in [-0.2, 0) is 11.0 Å². The molecule has 0 unspecified atom stereocenters. The van der Waals surface area contributed by atoms with E-state index in [1.165, 1.54) is 29.8 Å². The maximum Gasteiger partial charge on any atom is 0.417 e. The monoisotopic (exact) mass is 336 g/mol. The van der Waals surface area contributed by atoms with E-state index < -0.39 is 11.7 Å². The molecule has 24 heavy (non-hydrogen) atoms. The molecule has 0 aliphatic rings. The third kappa shape index (κ3) is 2.98. The summed E-state index contributed by atoms with van der Waals surface area (Å²) in [7, 11) is 0. The third-order valence-corrected chi connectivity index (χ3v) is 3.13. The summed E-state index contributed by atoms with van der Waals surface area (Å²) in [6, 6.07) is 3.64. The van der Waals surface area contributed by atoms with Crippen LogP contribution in [-0.4, -0.2) is 25.5 Å². The van der Waals surface area contributed by atoms with E-state index in [4.69, 9.17) is 5.73 Å². The number of alkyl halides is 3. The smallest absolute Gasteiger partial charge is 0.384 e. The average molecular weight is 336 g/mol. The lowest BCUT2D eigenvalue weighted by atomic mass is 10.1. The molecule has 0 atom stereocenters. The fourth-order valence-corrected chi connectivity index (χ4v) is 2.18. The maximum absolute atomic E-state index is 13.2. The number of carbonyl (C=O) groups is 1. The molecule has 0 spiro atoms. The average Bonchev–Trinajstić information content (AvgIpc) is 2.86. The van der Waals surface area contributed by atoms with Crippen LogP contribution in [0.4, 0.5) is 24.8 Å². The molecular weight excluding hydrogens is 325 g/mol. The predicted octanol–water partition coefficient (Wildman–Crippen LogP) is 2.35. The first-order valence-corrected chi connectivity index (χ1v) is 6.71. The number of nitrogens with one attached hydrogen (secondary N) is 1. The van der Waals surface area contributed by atoms with Gasteiger partial charge in [0, 0.05) is 18.7 Å². The number of nitrogens with two attached hydrogens (primary N) is 1. The lowest BCUT2D eigenvalue weighted by molar-refractivity contribution is -0.137. The second-order valence-corrected chi connectivity index (χ2v) is 4.98. The van der Waals surface area contributed by atoms with E-state index >= 15 is 0 Å². The Morgan fingerprint density at radius 1 is 1.33 bits per heavy atom. The van der Waals surface area contributed by atoms with Crippen molar-refractivity contribution in [2.45, 2.75) is 13.1 Å². The first-order valence-electron chi connectivity index (χ1n) is 6.71. The van der Waals surface area contributed by atoms with Crippen molar-refractivity contribution < 1.29 is 18.0 Å². The van der Waals surface area contributed by atoms with Crippen LogP contribution in [0.3, 0.4) is 0 Å². The highest BCUT2D eigenvalue weighted by molar-refractivity contribution is 5.87. The SMILES string of the molecule is CC(=O)Nc1cn2nc(-c3cnc(N)cc3C(F)(F)F)ccc2n1. The molecule has 7 nitrogen and oxygen atoms in total. The highest BCUT2D eigenvalue weighted by atomic mass is 19.4. The molecule has 1 amide bonds. The zero-order chi connectivity index (χ0) is 17.5. The van der Waals surface area contributed by atoms with Crippen LogP contribution in [0, 0.1) is 0 Å². The fraction of sp³-hybridized carbons (Fsp3) is 0.143. The van der Waals surface area contributed by atoms with Crippen molar-refractivity contribution >= 4 is 23.2 Å². The van der Waals surface area contributed by atoms with E-state index in [2.05, 4.69) is 20.4 Å². The molecule has 0 aliphatic carbocycles. The number of carbonyl (C=O) groups excluding carboxylic acids is 1. The minimum Gasteiger partial charge on any atom is -0.384 e. The Balaban J connectivity index is 2.11. The number of pyridine rings is 1. The van der Waals surface area contributed by atoms with Crippen molar-refractivity contribution in [1.82, 2.24) is 19.6 Å². The minimum absolute atomic E-state index is 0.0501. The van der Waals surface area contributed by atoms with E-state index in [0.717, 1.165) is 12.3 Å². The second-order valence-electron chi connectivity index (χ2n) is 4.98. The number of amides is 1. The molecule has 3 N–H and O–H groups in total. The molecule has 3 heterocycles. The second kappa shape index (κ2) is 5.48. The van der Waals surface area contributed by atoms with Gasteiger partial charge in [0.1, 0.15) is 5.82 Å². The number of fused-ring (bicyclic) bond motifs is 1. The molecule has 10 heteroatoms. The van der Waals surface area contributed by atoms with Gasteiger partial charge in [0.2, 0.25) is 5.91 Å². The zero-order valence-electron chi connectivity index (χ0n) is 12.3. The van der Waals surface area contributed by atoms with Crippen LogP contribution < -0.4 is 11.1 Å².